The fraction of sp³-hybridized carbons (Fsp3) is 0.200. The second-order valence-corrected chi connectivity index (χ2v) is 6.53. The summed E-state index contributed by atoms with van der Waals surface area (Å²) >= 11 is 0. The van der Waals surface area contributed by atoms with Crippen molar-refractivity contribution in [1.82, 2.24) is 10.6 Å². The quantitative estimate of drug-likeness (QED) is 0.739. The molecule has 146 valence electrons. The molecule has 0 aliphatic carbocycles. The monoisotopic (exact) mass is 389 g/mol. The van der Waals surface area contributed by atoms with Crippen molar-refractivity contribution in [3.8, 4) is 0 Å². The highest BCUT2D eigenvalue weighted by atomic mass is 19.4. The number of urea groups is 1. The van der Waals surface area contributed by atoms with E-state index >= 15 is 0 Å². The van der Waals surface area contributed by atoms with Gasteiger partial charge in [-0.25, -0.2) is 4.79 Å². The van der Waals surface area contributed by atoms with E-state index in [-0.39, 0.29) is 11.4 Å². The van der Waals surface area contributed by atoms with Crippen LogP contribution in [0.5, 0.6) is 0 Å². The van der Waals surface area contributed by atoms with Gasteiger partial charge in [-0.05, 0) is 24.6 Å². The molecule has 2 aromatic rings. The van der Waals surface area contributed by atoms with Crippen LogP contribution in [0.3, 0.4) is 0 Å². The van der Waals surface area contributed by atoms with Crippen LogP contribution in [0.1, 0.15) is 22.7 Å². The van der Waals surface area contributed by atoms with Crippen molar-refractivity contribution in [3.63, 3.8) is 0 Å². The Kier molecular flexibility index (Phi) is 5.13. The molecule has 8 heteroatoms. The van der Waals surface area contributed by atoms with Crippen molar-refractivity contribution < 1.29 is 22.8 Å². The van der Waals surface area contributed by atoms with Crippen molar-refractivity contribution in [2.24, 2.45) is 5.92 Å². The third kappa shape index (κ3) is 4.00. The fourth-order valence-electron chi connectivity index (χ4n) is 3.18. The van der Waals surface area contributed by atoms with E-state index in [1.54, 1.807) is 18.2 Å². The fourth-order valence-corrected chi connectivity index (χ4v) is 3.18. The molecule has 2 atom stereocenters. The molecule has 28 heavy (non-hydrogen) atoms. The van der Waals surface area contributed by atoms with Crippen LogP contribution in [-0.2, 0) is 11.0 Å². The molecule has 1 saturated heterocycles. The number of aryl methyl sites for hydroxylation is 1. The zero-order chi connectivity index (χ0) is 20.5. The van der Waals surface area contributed by atoms with Gasteiger partial charge in [0.05, 0.1) is 17.3 Å². The molecule has 5 nitrogen and oxygen atoms in total. The maximum Gasteiger partial charge on any atom is 0.418 e. The van der Waals surface area contributed by atoms with Gasteiger partial charge in [-0.2, -0.15) is 13.2 Å². The Morgan fingerprint density at radius 3 is 2.54 bits per heavy atom. The lowest BCUT2D eigenvalue weighted by Gasteiger charge is -2.34. The van der Waals surface area contributed by atoms with Gasteiger partial charge in [-0.3, -0.25) is 4.79 Å². The summed E-state index contributed by atoms with van der Waals surface area (Å²) in [4.78, 5) is 24.8. The lowest BCUT2D eigenvalue weighted by Crippen LogP contribution is -2.51. The number of amides is 3. The molecule has 1 aliphatic rings. The first-order chi connectivity index (χ1) is 13.2. The third-order valence-corrected chi connectivity index (χ3v) is 4.44. The minimum atomic E-state index is -4.62. The molecule has 3 rings (SSSR count). The normalized spacial score (nSPS) is 19.6. The maximum atomic E-state index is 13.2. The number of rotatable bonds is 3. The lowest BCUT2D eigenvalue weighted by atomic mass is 9.87. The molecule has 0 saturated carbocycles. The summed E-state index contributed by atoms with van der Waals surface area (Å²) < 4.78 is 39.7. The first kappa shape index (κ1) is 19.5. The zero-order valence-corrected chi connectivity index (χ0v) is 14.9. The zero-order valence-electron chi connectivity index (χ0n) is 14.9. The number of nitrogens with one attached hydrogen (secondary N) is 3. The number of hydrogen-bond acceptors (Lipinski definition) is 2. The highest BCUT2D eigenvalue weighted by Crippen LogP contribution is 2.36. The van der Waals surface area contributed by atoms with E-state index in [0.717, 1.165) is 11.6 Å². The molecule has 3 amide bonds. The minimum absolute atomic E-state index is 0.109. The van der Waals surface area contributed by atoms with Crippen LogP contribution in [-0.4, -0.2) is 11.9 Å². The summed E-state index contributed by atoms with van der Waals surface area (Å²) in [5.41, 5.74) is 0.372. The lowest BCUT2D eigenvalue weighted by molar-refractivity contribution is -0.137. The van der Waals surface area contributed by atoms with Gasteiger partial charge in [0.1, 0.15) is 5.92 Å². The Morgan fingerprint density at radius 1 is 1.14 bits per heavy atom. The SMILES string of the molecule is C=C1NC(=O)N[C@H](c2cccc(C)c2)[C@@H]1C(=O)Nc1ccccc1C(F)(F)F. The van der Waals surface area contributed by atoms with Crippen LogP contribution in [0.15, 0.2) is 60.8 Å². The summed E-state index contributed by atoms with van der Waals surface area (Å²) in [5, 5.41) is 7.42. The van der Waals surface area contributed by atoms with E-state index in [4.69, 9.17) is 0 Å². The van der Waals surface area contributed by atoms with E-state index < -0.39 is 35.6 Å². The van der Waals surface area contributed by atoms with Crippen molar-refractivity contribution in [3.05, 3.63) is 77.5 Å². The van der Waals surface area contributed by atoms with Crippen LogP contribution in [0.4, 0.5) is 23.7 Å². The van der Waals surface area contributed by atoms with Crippen LogP contribution < -0.4 is 16.0 Å². The number of carbonyl (C=O) groups excluding carboxylic acids is 2. The predicted molar refractivity (Wildman–Crippen MR) is 98.3 cm³/mol. The number of halogens is 3. The van der Waals surface area contributed by atoms with Crippen molar-refractivity contribution >= 4 is 17.6 Å². The molecule has 0 unspecified atom stereocenters. The highest BCUT2D eigenvalue weighted by molar-refractivity contribution is 5.97. The van der Waals surface area contributed by atoms with Crippen LogP contribution >= 0.6 is 0 Å². The average Bonchev–Trinajstić information content (AvgIpc) is 2.60. The van der Waals surface area contributed by atoms with Gasteiger partial charge < -0.3 is 16.0 Å². The second-order valence-electron chi connectivity index (χ2n) is 6.53. The number of benzene rings is 2. The number of carbonyl (C=O) groups is 2. The van der Waals surface area contributed by atoms with Gasteiger partial charge in [0.15, 0.2) is 0 Å². The Balaban J connectivity index is 1.94. The largest absolute Gasteiger partial charge is 0.418 e. The number of para-hydroxylation sites is 1. The third-order valence-electron chi connectivity index (χ3n) is 4.44. The Labute approximate surface area is 159 Å². The van der Waals surface area contributed by atoms with Gasteiger partial charge in [0.2, 0.25) is 5.91 Å². The summed E-state index contributed by atoms with van der Waals surface area (Å²) in [6, 6.07) is 10.6. The highest BCUT2D eigenvalue weighted by Gasteiger charge is 2.39. The molecular weight excluding hydrogens is 371 g/mol. The van der Waals surface area contributed by atoms with Gasteiger partial charge >= 0.3 is 12.2 Å². The average molecular weight is 389 g/mol. The summed E-state index contributed by atoms with van der Waals surface area (Å²) in [5.74, 6) is -1.71. The van der Waals surface area contributed by atoms with E-state index in [2.05, 4.69) is 22.5 Å². The maximum absolute atomic E-state index is 13.2. The van der Waals surface area contributed by atoms with E-state index in [1.165, 1.54) is 18.2 Å². The molecule has 1 aliphatic heterocycles. The minimum Gasteiger partial charge on any atom is -0.330 e. The molecule has 0 aromatic heterocycles. The van der Waals surface area contributed by atoms with Crippen molar-refractivity contribution in [1.29, 1.82) is 0 Å². The van der Waals surface area contributed by atoms with E-state index in [9.17, 15) is 22.8 Å². The van der Waals surface area contributed by atoms with E-state index in [1.807, 2.05) is 13.0 Å². The molecule has 1 fully saturated rings. The van der Waals surface area contributed by atoms with E-state index in [0.29, 0.717) is 5.56 Å². The summed E-state index contributed by atoms with van der Waals surface area (Å²) in [6.45, 7) is 5.58. The van der Waals surface area contributed by atoms with Crippen molar-refractivity contribution in [2.45, 2.75) is 19.1 Å². The molecule has 0 radical (unpaired) electrons. The Bertz CT molecular complexity index is 940. The van der Waals surface area contributed by atoms with Crippen LogP contribution in [0, 0.1) is 12.8 Å². The first-order valence-corrected chi connectivity index (χ1v) is 8.47. The summed E-state index contributed by atoms with van der Waals surface area (Å²) in [7, 11) is 0. The Hall–Kier alpha value is -3.29. The standard InChI is InChI=1S/C20H18F3N3O2/c1-11-6-5-7-13(10-11)17-16(12(2)24-19(28)26-17)18(27)25-15-9-4-3-8-14(15)20(21,22)23/h3-10,16-17H,2H2,1H3,(H,25,27)(H2,24,26,28)/t16-,17-/m1/s1. The van der Waals surface area contributed by atoms with Gasteiger partial charge in [-0.1, -0.05) is 48.5 Å². The van der Waals surface area contributed by atoms with Gasteiger partial charge in [-0.15, -0.1) is 0 Å². The smallest absolute Gasteiger partial charge is 0.330 e. The number of alkyl halides is 3. The second kappa shape index (κ2) is 7.38. The number of hydrogen-bond donors (Lipinski definition) is 3. The first-order valence-electron chi connectivity index (χ1n) is 8.47. The predicted octanol–water partition coefficient (Wildman–Crippen LogP) is 4.14. The molecule has 1 heterocycles. The van der Waals surface area contributed by atoms with Gasteiger partial charge in [0.25, 0.3) is 0 Å². The molecule has 0 bridgehead atoms. The number of anilines is 1. The molecular formula is C20H18F3N3O2. The van der Waals surface area contributed by atoms with Crippen LogP contribution in [0.2, 0.25) is 0 Å². The molecule has 3 N–H and O–H groups in total. The Morgan fingerprint density at radius 2 is 1.86 bits per heavy atom. The van der Waals surface area contributed by atoms with Crippen molar-refractivity contribution in [2.75, 3.05) is 5.32 Å². The topological polar surface area (TPSA) is 70.2 Å². The van der Waals surface area contributed by atoms with Crippen LogP contribution in [0.25, 0.3) is 0 Å². The van der Waals surface area contributed by atoms with Gasteiger partial charge in [0, 0.05) is 5.70 Å². The molecule has 0 spiro atoms. The summed E-state index contributed by atoms with van der Waals surface area (Å²) in [6.07, 6.45) is -4.62. The molecule has 2 aromatic carbocycles.